The zero-order valence-corrected chi connectivity index (χ0v) is 10.7. The Kier molecular flexibility index (Phi) is 3.55. The van der Waals surface area contributed by atoms with Crippen molar-refractivity contribution in [3.8, 4) is 0 Å². The third-order valence-corrected chi connectivity index (χ3v) is 2.67. The van der Waals surface area contributed by atoms with Crippen LogP contribution in [0.15, 0.2) is 65.4 Å². The van der Waals surface area contributed by atoms with Crippen LogP contribution in [0, 0.1) is 0 Å². The summed E-state index contributed by atoms with van der Waals surface area (Å²) in [5.74, 6) is 1.36. The van der Waals surface area contributed by atoms with Crippen LogP contribution in [0.25, 0.3) is 12.2 Å². The van der Waals surface area contributed by atoms with Crippen LogP contribution in [-0.2, 0) is 0 Å². The van der Waals surface area contributed by atoms with Gasteiger partial charge in [0.1, 0.15) is 5.76 Å². The van der Waals surface area contributed by atoms with Crippen LogP contribution in [0.5, 0.6) is 0 Å². The second-order valence-corrected chi connectivity index (χ2v) is 4.14. The zero-order chi connectivity index (χ0) is 13.6. The number of rotatable bonds is 4. The monoisotopic (exact) mass is 263 g/mol. The first-order chi connectivity index (χ1) is 9.90. The molecule has 0 aliphatic rings. The molecule has 0 atom stereocenters. The number of para-hydroxylation sites is 1. The van der Waals surface area contributed by atoms with Crippen LogP contribution in [0.4, 0.5) is 11.6 Å². The molecule has 98 valence electrons. The summed E-state index contributed by atoms with van der Waals surface area (Å²) in [6.07, 6.45) is 7.12. The summed E-state index contributed by atoms with van der Waals surface area (Å²) in [6.45, 7) is 0. The molecule has 20 heavy (non-hydrogen) atoms. The smallest absolute Gasteiger partial charge is 0.227 e. The van der Waals surface area contributed by atoms with Gasteiger partial charge in [-0.05, 0) is 42.5 Å². The van der Waals surface area contributed by atoms with Crippen molar-refractivity contribution in [2.45, 2.75) is 0 Å². The van der Waals surface area contributed by atoms with Crippen molar-refractivity contribution in [3.05, 3.63) is 72.4 Å². The Morgan fingerprint density at radius 3 is 2.65 bits per heavy atom. The third-order valence-electron chi connectivity index (χ3n) is 2.67. The predicted octanol–water partition coefficient (Wildman–Crippen LogP) is 3.98. The molecule has 1 N–H and O–H groups in total. The van der Waals surface area contributed by atoms with Gasteiger partial charge in [0, 0.05) is 11.9 Å². The molecular weight excluding hydrogens is 250 g/mol. The molecule has 3 aromatic rings. The summed E-state index contributed by atoms with van der Waals surface area (Å²) in [5.41, 5.74) is 1.77. The average molecular weight is 263 g/mol. The molecule has 4 nitrogen and oxygen atoms in total. The molecule has 0 bridgehead atoms. The van der Waals surface area contributed by atoms with E-state index in [1.807, 2.05) is 60.7 Å². The summed E-state index contributed by atoms with van der Waals surface area (Å²) >= 11 is 0. The van der Waals surface area contributed by atoms with Crippen molar-refractivity contribution in [2.75, 3.05) is 5.32 Å². The highest BCUT2D eigenvalue weighted by atomic mass is 16.3. The minimum atomic E-state index is 0.567. The zero-order valence-electron chi connectivity index (χ0n) is 10.7. The van der Waals surface area contributed by atoms with Crippen molar-refractivity contribution >= 4 is 23.8 Å². The lowest BCUT2D eigenvalue weighted by molar-refractivity contribution is 0.557. The van der Waals surface area contributed by atoms with Gasteiger partial charge >= 0.3 is 0 Å². The van der Waals surface area contributed by atoms with Gasteiger partial charge in [-0.1, -0.05) is 18.2 Å². The van der Waals surface area contributed by atoms with Gasteiger partial charge in [0.05, 0.1) is 12.0 Å². The molecular formula is C16H13N3O. The fourth-order valence-corrected chi connectivity index (χ4v) is 1.73. The van der Waals surface area contributed by atoms with Gasteiger partial charge in [-0.3, -0.25) is 0 Å². The van der Waals surface area contributed by atoms with Crippen LogP contribution in [0.3, 0.4) is 0 Å². The number of hydrogen-bond donors (Lipinski definition) is 1. The lowest BCUT2D eigenvalue weighted by atomic mass is 10.3. The largest absolute Gasteiger partial charge is 0.465 e. The first kappa shape index (κ1) is 12.2. The maximum atomic E-state index is 5.24. The highest BCUT2D eigenvalue weighted by molar-refractivity contribution is 5.66. The SMILES string of the molecule is C(=C\c1ccco1)/c1ccnc(Nc2ccccc2)n1. The van der Waals surface area contributed by atoms with Gasteiger partial charge in [0.2, 0.25) is 5.95 Å². The molecule has 0 aliphatic carbocycles. The van der Waals surface area contributed by atoms with E-state index in [1.54, 1.807) is 12.5 Å². The Bertz CT molecular complexity index is 691. The molecule has 0 radical (unpaired) electrons. The summed E-state index contributed by atoms with van der Waals surface area (Å²) in [6, 6.07) is 15.4. The van der Waals surface area contributed by atoms with E-state index >= 15 is 0 Å². The molecule has 3 rings (SSSR count). The van der Waals surface area contributed by atoms with E-state index in [0.29, 0.717) is 5.95 Å². The quantitative estimate of drug-likeness (QED) is 0.773. The second kappa shape index (κ2) is 5.84. The van der Waals surface area contributed by atoms with E-state index in [0.717, 1.165) is 17.1 Å². The third kappa shape index (κ3) is 3.11. The fraction of sp³-hybridized carbons (Fsp3) is 0. The second-order valence-electron chi connectivity index (χ2n) is 4.14. The van der Waals surface area contributed by atoms with Crippen LogP contribution in [0.2, 0.25) is 0 Å². The number of furan rings is 1. The number of anilines is 2. The molecule has 4 heteroatoms. The summed E-state index contributed by atoms with van der Waals surface area (Å²) in [4.78, 5) is 8.62. The molecule has 0 amide bonds. The van der Waals surface area contributed by atoms with Gasteiger partial charge < -0.3 is 9.73 Å². The standard InChI is InChI=1S/C16H13N3O/c1-2-5-13(6-3-1)18-16-17-11-10-14(19-16)8-9-15-7-4-12-20-15/h1-12H,(H,17,18,19)/b9-8+. The molecule has 0 saturated heterocycles. The average Bonchev–Trinajstić information content (AvgIpc) is 3.00. The van der Waals surface area contributed by atoms with Crippen LogP contribution < -0.4 is 5.32 Å². The van der Waals surface area contributed by atoms with Crippen molar-refractivity contribution in [2.24, 2.45) is 0 Å². The first-order valence-corrected chi connectivity index (χ1v) is 6.27. The first-order valence-electron chi connectivity index (χ1n) is 6.27. The lowest BCUT2D eigenvalue weighted by Gasteiger charge is -2.04. The number of nitrogens with zero attached hydrogens (tertiary/aromatic N) is 2. The molecule has 1 aromatic carbocycles. The number of nitrogens with one attached hydrogen (secondary N) is 1. The Morgan fingerprint density at radius 2 is 1.85 bits per heavy atom. The highest BCUT2D eigenvalue weighted by Gasteiger charge is 1.98. The molecule has 0 aliphatic heterocycles. The number of benzene rings is 1. The minimum absolute atomic E-state index is 0.567. The minimum Gasteiger partial charge on any atom is -0.465 e. The van der Waals surface area contributed by atoms with Gasteiger partial charge in [-0.15, -0.1) is 0 Å². The van der Waals surface area contributed by atoms with Crippen molar-refractivity contribution < 1.29 is 4.42 Å². The predicted molar refractivity (Wildman–Crippen MR) is 79.4 cm³/mol. The van der Waals surface area contributed by atoms with Crippen molar-refractivity contribution in [1.82, 2.24) is 9.97 Å². The molecule has 2 aromatic heterocycles. The van der Waals surface area contributed by atoms with E-state index in [-0.39, 0.29) is 0 Å². The Hall–Kier alpha value is -2.88. The van der Waals surface area contributed by atoms with Crippen LogP contribution in [-0.4, -0.2) is 9.97 Å². The highest BCUT2D eigenvalue weighted by Crippen LogP contribution is 2.13. The topological polar surface area (TPSA) is 51.0 Å². The Labute approximate surface area is 116 Å². The maximum absolute atomic E-state index is 5.24. The van der Waals surface area contributed by atoms with Crippen molar-refractivity contribution in [3.63, 3.8) is 0 Å². The normalized spacial score (nSPS) is 10.8. The molecule has 0 fully saturated rings. The fourth-order valence-electron chi connectivity index (χ4n) is 1.73. The molecule has 0 saturated carbocycles. The molecule has 2 heterocycles. The summed E-state index contributed by atoms with van der Waals surface area (Å²) in [7, 11) is 0. The Morgan fingerprint density at radius 1 is 0.950 bits per heavy atom. The van der Waals surface area contributed by atoms with Crippen molar-refractivity contribution in [1.29, 1.82) is 0 Å². The van der Waals surface area contributed by atoms with Gasteiger partial charge in [-0.2, -0.15) is 0 Å². The van der Waals surface area contributed by atoms with Gasteiger partial charge in [0.15, 0.2) is 0 Å². The van der Waals surface area contributed by atoms with E-state index < -0.39 is 0 Å². The van der Waals surface area contributed by atoms with Crippen LogP contribution in [0.1, 0.15) is 11.5 Å². The molecule has 0 unspecified atom stereocenters. The maximum Gasteiger partial charge on any atom is 0.227 e. The molecule has 0 spiro atoms. The van der Waals surface area contributed by atoms with Crippen LogP contribution >= 0.6 is 0 Å². The van der Waals surface area contributed by atoms with Gasteiger partial charge in [0.25, 0.3) is 0 Å². The summed E-state index contributed by atoms with van der Waals surface area (Å²) < 4.78 is 5.24. The number of aromatic nitrogens is 2. The number of hydrogen-bond acceptors (Lipinski definition) is 4. The van der Waals surface area contributed by atoms with E-state index in [9.17, 15) is 0 Å². The van der Waals surface area contributed by atoms with E-state index in [1.165, 1.54) is 0 Å². The lowest BCUT2D eigenvalue weighted by Crippen LogP contribution is -1.97. The van der Waals surface area contributed by atoms with E-state index in [2.05, 4.69) is 15.3 Å². The summed E-state index contributed by atoms with van der Waals surface area (Å²) in [5, 5.41) is 3.16. The van der Waals surface area contributed by atoms with E-state index in [4.69, 9.17) is 4.42 Å². The van der Waals surface area contributed by atoms with Gasteiger partial charge in [-0.25, -0.2) is 9.97 Å². The Balaban J connectivity index is 1.76.